The minimum atomic E-state index is -0.660. The molecule has 0 fully saturated rings. The number of nitrogens with zero attached hydrogens (tertiary/aromatic N) is 2. The average Bonchev–Trinajstić information content (AvgIpc) is 2.34. The van der Waals surface area contributed by atoms with Gasteiger partial charge in [-0.3, -0.25) is 9.36 Å². The summed E-state index contributed by atoms with van der Waals surface area (Å²) in [7, 11) is 1.62. The van der Waals surface area contributed by atoms with Crippen molar-refractivity contribution in [2.75, 3.05) is 12.4 Å². The van der Waals surface area contributed by atoms with Crippen molar-refractivity contribution < 1.29 is 4.39 Å². The minimum Gasteiger partial charge on any atom is -0.386 e. The zero-order chi connectivity index (χ0) is 13.4. The average molecular weight is 355 g/mol. The van der Waals surface area contributed by atoms with Gasteiger partial charge in [0.1, 0.15) is 16.1 Å². The fourth-order valence-corrected chi connectivity index (χ4v) is 2.62. The van der Waals surface area contributed by atoms with Crippen LogP contribution in [0, 0.1) is 5.82 Å². The Hall–Kier alpha value is -0.850. The molecule has 96 valence electrons. The molecule has 0 bridgehead atoms. The van der Waals surface area contributed by atoms with E-state index in [9.17, 15) is 9.18 Å². The van der Waals surface area contributed by atoms with E-state index in [0.29, 0.717) is 11.1 Å². The van der Waals surface area contributed by atoms with Gasteiger partial charge >= 0.3 is 0 Å². The third-order valence-electron chi connectivity index (χ3n) is 2.46. The standard InChI is InChI=1S/C10H7BrCl2FN3O/c1-15-7-4-2-5(14)8(13)16-9(4)17(3-12)10(18)6(7)11/h2,15H,3H2,1H3. The van der Waals surface area contributed by atoms with Crippen LogP contribution in [-0.2, 0) is 6.00 Å². The van der Waals surface area contributed by atoms with Crippen molar-refractivity contribution in [3.63, 3.8) is 0 Å². The monoisotopic (exact) mass is 353 g/mol. The number of rotatable bonds is 2. The SMILES string of the molecule is CNc1c(Br)c(=O)n(CCl)c2nc(Cl)c(F)cc12. The lowest BCUT2D eigenvalue weighted by molar-refractivity contribution is 0.623. The van der Waals surface area contributed by atoms with E-state index in [-0.39, 0.29) is 26.8 Å². The normalized spacial score (nSPS) is 10.9. The molecule has 0 unspecified atom stereocenters. The van der Waals surface area contributed by atoms with Crippen molar-refractivity contribution >= 4 is 55.9 Å². The molecule has 4 nitrogen and oxygen atoms in total. The van der Waals surface area contributed by atoms with Crippen LogP contribution in [0.15, 0.2) is 15.3 Å². The lowest BCUT2D eigenvalue weighted by Gasteiger charge is -2.13. The number of halogens is 4. The first-order valence-corrected chi connectivity index (χ1v) is 6.53. The molecule has 0 spiro atoms. The number of hydrogen-bond donors (Lipinski definition) is 1. The third kappa shape index (κ3) is 1.98. The molecule has 0 aliphatic carbocycles. The first-order chi connectivity index (χ1) is 8.51. The second kappa shape index (κ2) is 5.03. The molecule has 8 heteroatoms. The summed E-state index contributed by atoms with van der Waals surface area (Å²) in [6, 6.07) is 1.11. The Morgan fingerprint density at radius 2 is 2.28 bits per heavy atom. The molecule has 0 aliphatic rings. The second-order valence-electron chi connectivity index (χ2n) is 3.42. The van der Waals surface area contributed by atoms with Crippen molar-refractivity contribution in [3.8, 4) is 0 Å². The second-order valence-corrected chi connectivity index (χ2v) is 4.81. The molecule has 0 radical (unpaired) electrons. The Morgan fingerprint density at radius 1 is 1.61 bits per heavy atom. The fraction of sp³-hybridized carbons (Fsp3) is 0.200. The molecular formula is C10H7BrCl2FN3O. The van der Waals surface area contributed by atoms with E-state index in [1.807, 2.05) is 0 Å². The summed E-state index contributed by atoms with van der Waals surface area (Å²) in [5.41, 5.74) is 0.311. The van der Waals surface area contributed by atoms with Crippen molar-refractivity contribution in [1.82, 2.24) is 9.55 Å². The van der Waals surface area contributed by atoms with Crippen LogP contribution in [0.2, 0.25) is 5.15 Å². The molecule has 0 aromatic carbocycles. The van der Waals surface area contributed by atoms with Gasteiger partial charge in [-0.1, -0.05) is 11.6 Å². The summed E-state index contributed by atoms with van der Waals surface area (Å²) in [4.78, 5) is 15.9. The molecule has 2 heterocycles. The van der Waals surface area contributed by atoms with Crippen molar-refractivity contribution in [3.05, 3.63) is 31.9 Å². The lowest BCUT2D eigenvalue weighted by atomic mass is 10.2. The maximum Gasteiger partial charge on any atom is 0.269 e. The Labute approximate surface area is 120 Å². The van der Waals surface area contributed by atoms with Crippen LogP contribution >= 0.6 is 39.1 Å². The van der Waals surface area contributed by atoms with Gasteiger partial charge in [0.2, 0.25) is 0 Å². The van der Waals surface area contributed by atoms with Crippen LogP contribution in [0.3, 0.4) is 0 Å². The fourth-order valence-electron chi connectivity index (χ4n) is 1.64. The van der Waals surface area contributed by atoms with Gasteiger partial charge in [-0.25, -0.2) is 9.37 Å². The molecule has 0 saturated carbocycles. The number of hydrogen-bond acceptors (Lipinski definition) is 3. The molecule has 0 amide bonds. The molecule has 1 N–H and O–H groups in total. The van der Waals surface area contributed by atoms with Crippen molar-refractivity contribution in [1.29, 1.82) is 0 Å². The molecule has 0 saturated heterocycles. The lowest BCUT2D eigenvalue weighted by Crippen LogP contribution is -2.22. The van der Waals surface area contributed by atoms with E-state index < -0.39 is 5.82 Å². The zero-order valence-electron chi connectivity index (χ0n) is 9.10. The van der Waals surface area contributed by atoms with Gasteiger partial charge < -0.3 is 5.32 Å². The largest absolute Gasteiger partial charge is 0.386 e. The smallest absolute Gasteiger partial charge is 0.269 e. The summed E-state index contributed by atoms with van der Waals surface area (Å²) in [6.45, 7) is 0. The van der Waals surface area contributed by atoms with Crippen LogP contribution in [0.4, 0.5) is 10.1 Å². The summed E-state index contributed by atoms with van der Waals surface area (Å²) < 4.78 is 14.9. The number of nitrogens with one attached hydrogen (secondary N) is 1. The van der Waals surface area contributed by atoms with Gasteiger partial charge in [-0.05, 0) is 22.0 Å². The topological polar surface area (TPSA) is 46.9 Å². The summed E-state index contributed by atoms with van der Waals surface area (Å²) in [6.07, 6.45) is 0. The maximum atomic E-state index is 13.5. The van der Waals surface area contributed by atoms with Gasteiger partial charge in [-0.15, -0.1) is 11.6 Å². The van der Waals surface area contributed by atoms with Gasteiger partial charge in [0.25, 0.3) is 5.56 Å². The Kier molecular flexibility index (Phi) is 3.79. The first-order valence-electron chi connectivity index (χ1n) is 4.83. The highest BCUT2D eigenvalue weighted by Gasteiger charge is 2.17. The summed E-state index contributed by atoms with van der Waals surface area (Å²) in [5, 5.41) is 2.95. The van der Waals surface area contributed by atoms with Crippen molar-refractivity contribution in [2.24, 2.45) is 0 Å². The van der Waals surface area contributed by atoms with E-state index >= 15 is 0 Å². The van der Waals surface area contributed by atoms with Crippen LogP contribution in [-0.4, -0.2) is 16.6 Å². The predicted molar refractivity (Wildman–Crippen MR) is 74.1 cm³/mol. The van der Waals surface area contributed by atoms with Crippen LogP contribution in [0.25, 0.3) is 11.0 Å². The highest BCUT2D eigenvalue weighted by atomic mass is 79.9. The third-order valence-corrected chi connectivity index (χ3v) is 3.70. The van der Waals surface area contributed by atoms with E-state index in [0.717, 1.165) is 0 Å². The summed E-state index contributed by atoms with van der Waals surface area (Å²) >= 11 is 14.5. The minimum absolute atomic E-state index is 0.104. The predicted octanol–water partition coefficient (Wildman–Crippen LogP) is 3.19. The Morgan fingerprint density at radius 3 is 2.83 bits per heavy atom. The van der Waals surface area contributed by atoms with Crippen LogP contribution in [0.5, 0.6) is 0 Å². The van der Waals surface area contributed by atoms with E-state index in [1.165, 1.54) is 10.6 Å². The molecule has 0 atom stereocenters. The van der Waals surface area contributed by atoms with Crippen LogP contribution in [0.1, 0.15) is 0 Å². The van der Waals surface area contributed by atoms with Gasteiger partial charge in [0, 0.05) is 12.4 Å². The van der Waals surface area contributed by atoms with Gasteiger partial charge in [-0.2, -0.15) is 0 Å². The maximum absolute atomic E-state index is 13.5. The van der Waals surface area contributed by atoms with E-state index in [4.69, 9.17) is 23.2 Å². The Bertz CT molecular complexity index is 689. The number of pyridine rings is 2. The number of aromatic nitrogens is 2. The molecular weight excluding hydrogens is 348 g/mol. The van der Waals surface area contributed by atoms with Crippen molar-refractivity contribution in [2.45, 2.75) is 6.00 Å². The van der Waals surface area contributed by atoms with Gasteiger partial charge in [0.15, 0.2) is 11.0 Å². The quantitative estimate of drug-likeness (QED) is 0.665. The zero-order valence-corrected chi connectivity index (χ0v) is 12.2. The number of alkyl halides is 1. The summed E-state index contributed by atoms with van der Waals surface area (Å²) in [5.74, 6) is -0.660. The molecule has 0 aliphatic heterocycles. The molecule has 2 rings (SSSR count). The molecule has 18 heavy (non-hydrogen) atoms. The Balaban J connectivity index is 3.05. The first kappa shape index (κ1) is 13.6. The van der Waals surface area contributed by atoms with Crippen LogP contribution < -0.4 is 10.9 Å². The highest BCUT2D eigenvalue weighted by Crippen LogP contribution is 2.29. The van der Waals surface area contributed by atoms with Gasteiger partial charge in [0.05, 0.1) is 5.69 Å². The number of fused-ring (bicyclic) bond motifs is 1. The van der Waals surface area contributed by atoms with E-state index in [2.05, 4.69) is 26.2 Å². The number of anilines is 1. The molecule has 2 aromatic heterocycles. The molecule has 2 aromatic rings. The highest BCUT2D eigenvalue weighted by molar-refractivity contribution is 9.10. The van der Waals surface area contributed by atoms with E-state index in [1.54, 1.807) is 7.05 Å².